The molecular weight excluding hydrogens is 294 g/mol. The van der Waals surface area contributed by atoms with Gasteiger partial charge in [0.15, 0.2) is 6.04 Å². The van der Waals surface area contributed by atoms with E-state index >= 15 is 0 Å². The zero-order valence-corrected chi connectivity index (χ0v) is 13.3. The Bertz CT molecular complexity index is 378. The predicted octanol–water partition coefficient (Wildman–Crippen LogP) is 0.900. The molecule has 1 saturated heterocycles. The number of nitrogens with two attached hydrogens (primary N) is 1. The summed E-state index contributed by atoms with van der Waals surface area (Å²) < 4.78 is 5.25. The molecule has 1 unspecified atom stereocenters. The zero-order valence-electron chi connectivity index (χ0n) is 13.3. The van der Waals surface area contributed by atoms with Gasteiger partial charge in [0.2, 0.25) is 0 Å². The third-order valence-electron chi connectivity index (χ3n) is 2.76. The second-order valence-electron chi connectivity index (χ2n) is 5.87. The zero-order chi connectivity index (χ0) is 16.8. The second kappa shape index (κ2) is 8.28. The number of unbranched alkanes of at least 4 members (excludes halogenated alkanes) is 1. The highest BCUT2D eigenvalue weighted by Gasteiger charge is 2.40. The number of carboxylic acid groups (broad SMARTS) is 1. The van der Waals surface area contributed by atoms with Crippen LogP contribution in [0, 0.1) is 0 Å². The maximum Gasteiger partial charge on any atom is 0.429 e. The van der Waals surface area contributed by atoms with Crippen LogP contribution in [0.3, 0.4) is 0 Å². The Balaban J connectivity index is 2.89. The summed E-state index contributed by atoms with van der Waals surface area (Å²) in [5.74, 6) is -1.16. The molecule has 0 saturated carbocycles. The Hall–Kier alpha value is -1.42. The van der Waals surface area contributed by atoms with E-state index in [9.17, 15) is 14.7 Å². The number of amides is 1. The fourth-order valence-corrected chi connectivity index (χ4v) is 1.84. The van der Waals surface area contributed by atoms with Crippen molar-refractivity contribution < 1.29 is 29.1 Å². The quantitative estimate of drug-likeness (QED) is 0.665. The van der Waals surface area contributed by atoms with Crippen molar-refractivity contribution in [1.29, 1.82) is 0 Å². The number of hydrogen-bond acceptors (Lipinski definition) is 7. The van der Waals surface area contributed by atoms with Gasteiger partial charge >= 0.3 is 12.1 Å². The van der Waals surface area contributed by atoms with E-state index in [0.29, 0.717) is 19.4 Å². The molecule has 0 aromatic rings. The van der Waals surface area contributed by atoms with Gasteiger partial charge in [0.05, 0.1) is 13.2 Å². The molecule has 0 aromatic heterocycles. The summed E-state index contributed by atoms with van der Waals surface area (Å²) in [5.41, 5.74) is 4.65. The van der Waals surface area contributed by atoms with Gasteiger partial charge in [-0.3, -0.25) is 9.68 Å². The van der Waals surface area contributed by atoms with E-state index in [4.69, 9.17) is 20.1 Å². The van der Waals surface area contributed by atoms with Gasteiger partial charge in [0, 0.05) is 5.34 Å². The molecule has 9 nitrogen and oxygen atoms in total. The van der Waals surface area contributed by atoms with Crippen molar-refractivity contribution in [2.75, 3.05) is 19.8 Å². The highest BCUT2D eigenvalue weighted by molar-refractivity contribution is 5.79. The standard InChI is InChI=1S/C13H25N3O6/c1-13(2,3)22-12(19)15(16-20-8-9-21-16)10(11(17)18)6-4-5-7-14/h10H,4-9,14H2,1-3H3,(H,17,18). The molecule has 22 heavy (non-hydrogen) atoms. The Labute approximate surface area is 129 Å². The fourth-order valence-electron chi connectivity index (χ4n) is 1.84. The third kappa shape index (κ3) is 5.76. The summed E-state index contributed by atoms with van der Waals surface area (Å²) in [6.07, 6.45) is 0.595. The smallest absolute Gasteiger partial charge is 0.429 e. The molecule has 1 rings (SSSR count). The largest absolute Gasteiger partial charge is 0.480 e. The highest BCUT2D eigenvalue weighted by Crippen LogP contribution is 2.20. The predicted molar refractivity (Wildman–Crippen MR) is 76.1 cm³/mol. The number of carbonyl (C=O) groups excluding carboxylic acids is 1. The molecular formula is C13H25N3O6. The third-order valence-corrected chi connectivity index (χ3v) is 2.76. The van der Waals surface area contributed by atoms with Crippen molar-refractivity contribution in [2.24, 2.45) is 5.73 Å². The lowest BCUT2D eigenvalue weighted by Crippen LogP contribution is -2.54. The number of carbonyl (C=O) groups is 2. The number of ether oxygens (including phenoxy) is 1. The summed E-state index contributed by atoms with van der Waals surface area (Å²) in [6, 6.07) is -1.15. The SMILES string of the molecule is CC(C)(C)OC(=O)N(C(CCCCN)C(=O)O)N1OCCO1. The number of hydrazine groups is 1. The molecule has 1 aliphatic rings. The number of rotatable bonds is 7. The second-order valence-corrected chi connectivity index (χ2v) is 5.87. The van der Waals surface area contributed by atoms with Crippen LogP contribution in [0.4, 0.5) is 4.79 Å². The minimum Gasteiger partial charge on any atom is -0.480 e. The van der Waals surface area contributed by atoms with Gasteiger partial charge in [-0.2, -0.15) is 5.01 Å². The van der Waals surface area contributed by atoms with Crippen molar-refractivity contribution in [3.8, 4) is 0 Å². The first kappa shape index (κ1) is 18.6. The van der Waals surface area contributed by atoms with Crippen LogP contribution in [0.5, 0.6) is 0 Å². The number of aliphatic carboxylic acids is 1. The molecule has 0 aliphatic carbocycles. The highest BCUT2D eigenvalue weighted by atomic mass is 17.0. The van der Waals surface area contributed by atoms with Crippen molar-refractivity contribution in [3.63, 3.8) is 0 Å². The first-order valence-corrected chi connectivity index (χ1v) is 7.27. The van der Waals surface area contributed by atoms with E-state index in [-0.39, 0.29) is 19.6 Å². The Morgan fingerprint density at radius 3 is 2.36 bits per heavy atom. The average molecular weight is 319 g/mol. The van der Waals surface area contributed by atoms with Crippen LogP contribution in [-0.4, -0.2) is 58.9 Å². The normalized spacial score (nSPS) is 17.3. The summed E-state index contributed by atoms with van der Waals surface area (Å²) >= 11 is 0. The number of carboxylic acids is 1. The van der Waals surface area contributed by atoms with Crippen LogP contribution >= 0.6 is 0 Å². The van der Waals surface area contributed by atoms with E-state index in [1.54, 1.807) is 20.8 Å². The van der Waals surface area contributed by atoms with Crippen LogP contribution in [0.15, 0.2) is 0 Å². The first-order chi connectivity index (χ1) is 10.3. The molecule has 0 aromatic carbocycles. The maximum absolute atomic E-state index is 12.3. The molecule has 128 valence electrons. The fraction of sp³-hybridized carbons (Fsp3) is 0.846. The molecule has 1 heterocycles. The topological polar surface area (TPSA) is 115 Å². The summed E-state index contributed by atoms with van der Waals surface area (Å²) in [5, 5.41) is 11.1. The van der Waals surface area contributed by atoms with Crippen molar-refractivity contribution in [3.05, 3.63) is 0 Å². The van der Waals surface area contributed by atoms with E-state index in [0.717, 1.165) is 10.3 Å². The van der Waals surface area contributed by atoms with E-state index in [1.165, 1.54) is 0 Å². The molecule has 1 fully saturated rings. The van der Waals surface area contributed by atoms with E-state index in [2.05, 4.69) is 0 Å². The molecule has 0 bridgehead atoms. The minimum absolute atomic E-state index is 0.217. The number of hydrogen-bond donors (Lipinski definition) is 2. The maximum atomic E-state index is 12.3. The Kier molecular flexibility index (Phi) is 7.01. The lowest BCUT2D eigenvalue weighted by Gasteiger charge is -2.34. The molecule has 9 heteroatoms. The van der Waals surface area contributed by atoms with Crippen LogP contribution in [0.25, 0.3) is 0 Å². The molecule has 0 spiro atoms. The molecule has 1 aliphatic heterocycles. The molecule has 3 N–H and O–H groups in total. The summed E-state index contributed by atoms with van der Waals surface area (Å²) in [6.45, 7) is 6.00. The summed E-state index contributed by atoms with van der Waals surface area (Å²) in [4.78, 5) is 34.2. The first-order valence-electron chi connectivity index (χ1n) is 7.27. The van der Waals surface area contributed by atoms with Crippen LogP contribution in [-0.2, 0) is 19.2 Å². The molecule has 1 amide bonds. The Morgan fingerprint density at radius 2 is 1.91 bits per heavy atom. The van der Waals surface area contributed by atoms with Gasteiger partial charge in [-0.1, -0.05) is 0 Å². The molecule has 0 radical (unpaired) electrons. The monoisotopic (exact) mass is 319 g/mol. The van der Waals surface area contributed by atoms with Crippen molar-refractivity contribution in [2.45, 2.75) is 51.7 Å². The summed E-state index contributed by atoms with van der Waals surface area (Å²) in [7, 11) is 0. The van der Waals surface area contributed by atoms with Gasteiger partial charge < -0.3 is 15.6 Å². The lowest BCUT2D eigenvalue weighted by atomic mass is 10.1. The van der Waals surface area contributed by atoms with Crippen LogP contribution < -0.4 is 5.73 Å². The van der Waals surface area contributed by atoms with Crippen molar-refractivity contribution >= 4 is 12.1 Å². The Morgan fingerprint density at radius 1 is 1.32 bits per heavy atom. The van der Waals surface area contributed by atoms with E-state index < -0.39 is 23.7 Å². The minimum atomic E-state index is -1.16. The van der Waals surface area contributed by atoms with Gasteiger partial charge in [-0.25, -0.2) is 9.59 Å². The van der Waals surface area contributed by atoms with E-state index in [1.807, 2.05) is 0 Å². The van der Waals surface area contributed by atoms with Gasteiger partial charge in [-0.05, 0) is 46.6 Å². The van der Waals surface area contributed by atoms with Gasteiger partial charge in [0.1, 0.15) is 5.60 Å². The van der Waals surface area contributed by atoms with Crippen molar-refractivity contribution in [1.82, 2.24) is 10.3 Å². The molecule has 1 atom stereocenters. The van der Waals surface area contributed by atoms with Gasteiger partial charge in [-0.15, -0.1) is 0 Å². The average Bonchev–Trinajstić information content (AvgIpc) is 2.88. The van der Waals surface area contributed by atoms with Crippen LogP contribution in [0.2, 0.25) is 0 Å². The van der Waals surface area contributed by atoms with Gasteiger partial charge in [0.25, 0.3) is 0 Å². The van der Waals surface area contributed by atoms with Crippen LogP contribution in [0.1, 0.15) is 40.0 Å². The lowest BCUT2D eigenvalue weighted by molar-refractivity contribution is -0.402. The number of nitrogens with zero attached hydrogens (tertiary/aromatic N) is 2.